The van der Waals surface area contributed by atoms with Crippen LogP contribution in [-0.2, 0) is 19.1 Å². The van der Waals surface area contributed by atoms with Gasteiger partial charge in [0, 0.05) is 12.8 Å². The van der Waals surface area contributed by atoms with E-state index in [1.807, 2.05) is 0 Å². The summed E-state index contributed by atoms with van der Waals surface area (Å²) in [7, 11) is 0. The molecule has 14 nitrogen and oxygen atoms in total. The average Bonchev–Trinajstić information content (AvgIpc) is 3.29. The summed E-state index contributed by atoms with van der Waals surface area (Å²) in [5.41, 5.74) is 1.03. The van der Waals surface area contributed by atoms with Crippen LogP contribution in [0.1, 0.15) is 93.8 Å². The van der Waals surface area contributed by atoms with Crippen molar-refractivity contribution in [1.29, 1.82) is 0 Å². The zero-order chi connectivity index (χ0) is 44.1. The van der Waals surface area contributed by atoms with Gasteiger partial charge in [0.2, 0.25) is 0 Å². The maximum absolute atomic E-state index is 12.8. The van der Waals surface area contributed by atoms with Gasteiger partial charge in [0.25, 0.3) is 0 Å². The summed E-state index contributed by atoms with van der Waals surface area (Å²) >= 11 is 0. The molecule has 0 atom stereocenters. The van der Waals surface area contributed by atoms with Crippen LogP contribution in [0.25, 0.3) is 0 Å². The maximum Gasteiger partial charge on any atom is 0.343 e. The SMILES string of the molecule is CCC(=O)OCCCCOc1ccc(C(=O)Oc2ccc(C(=O)Oc3ccc(OC(=O)c4ccc(OC(=O)c5ccc(OCCCCOC(=O)CC)cc5)cc4)cc3)cc2)cc1. The molecule has 0 spiro atoms. The first-order chi connectivity index (χ1) is 30.1. The molecule has 0 fully saturated rings. The second-order valence-corrected chi connectivity index (χ2v) is 13.4. The summed E-state index contributed by atoms with van der Waals surface area (Å²) in [6.45, 7) is 5.05. The molecule has 0 saturated heterocycles. The smallest absolute Gasteiger partial charge is 0.343 e. The molecule has 62 heavy (non-hydrogen) atoms. The summed E-state index contributed by atoms with van der Waals surface area (Å²) in [4.78, 5) is 73.3. The number of rotatable bonds is 22. The summed E-state index contributed by atoms with van der Waals surface area (Å²) in [6.07, 6.45) is 3.47. The van der Waals surface area contributed by atoms with E-state index in [2.05, 4.69) is 0 Å². The molecule has 322 valence electrons. The molecular formula is C48H46O14. The van der Waals surface area contributed by atoms with Gasteiger partial charge in [-0.3, -0.25) is 9.59 Å². The molecule has 0 saturated carbocycles. The van der Waals surface area contributed by atoms with E-state index in [1.54, 1.807) is 62.4 Å². The first-order valence-corrected chi connectivity index (χ1v) is 20.1. The van der Waals surface area contributed by atoms with Crippen LogP contribution in [0, 0.1) is 0 Å². The molecule has 0 heterocycles. The number of carbonyl (C=O) groups excluding carboxylic acids is 6. The second kappa shape index (κ2) is 23.9. The van der Waals surface area contributed by atoms with Gasteiger partial charge in [-0.2, -0.15) is 0 Å². The van der Waals surface area contributed by atoms with E-state index < -0.39 is 23.9 Å². The van der Waals surface area contributed by atoms with Crippen molar-refractivity contribution in [1.82, 2.24) is 0 Å². The number of hydrogen-bond donors (Lipinski definition) is 0. The highest BCUT2D eigenvalue weighted by Gasteiger charge is 2.15. The van der Waals surface area contributed by atoms with Crippen molar-refractivity contribution in [2.75, 3.05) is 26.4 Å². The molecule has 0 aliphatic carbocycles. The number of hydrogen-bond acceptors (Lipinski definition) is 14. The minimum absolute atomic E-state index is 0.201. The van der Waals surface area contributed by atoms with Crippen LogP contribution in [-0.4, -0.2) is 62.2 Å². The van der Waals surface area contributed by atoms with Gasteiger partial charge in [-0.25, -0.2) is 19.2 Å². The second-order valence-electron chi connectivity index (χ2n) is 13.4. The molecule has 0 bridgehead atoms. The normalized spacial score (nSPS) is 10.5. The number of carbonyl (C=O) groups is 6. The van der Waals surface area contributed by atoms with Crippen LogP contribution in [0.15, 0.2) is 121 Å². The topological polar surface area (TPSA) is 176 Å². The Balaban J connectivity index is 1.00. The number of ether oxygens (including phenoxy) is 8. The van der Waals surface area contributed by atoms with Crippen LogP contribution < -0.4 is 28.4 Å². The fourth-order valence-corrected chi connectivity index (χ4v) is 5.30. The van der Waals surface area contributed by atoms with Crippen molar-refractivity contribution < 1.29 is 66.7 Å². The highest BCUT2D eigenvalue weighted by Crippen LogP contribution is 2.23. The third-order valence-corrected chi connectivity index (χ3v) is 8.74. The van der Waals surface area contributed by atoms with Crippen molar-refractivity contribution in [3.63, 3.8) is 0 Å². The first-order valence-electron chi connectivity index (χ1n) is 20.1. The fourth-order valence-electron chi connectivity index (χ4n) is 5.30. The molecule has 0 N–H and O–H groups in total. The van der Waals surface area contributed by atoms with E-state index in [4.69, 9.17) is 37.9 Å². The Labute approximate surface area is 358 Å². The van der Waals surface area contributed by atoms with Gasteiger partial charge in [0.05, 0.1) is 48.7 Å². The molecule has 0 aliphatic rings. The zero-order valence-corrected chi connectivity index (χ0v) is 34.3. The van der Waals surface area contributed by atoms with Gasteiger partial charge >= 0.3 is 35.8 Å². The van der Waals surface area contributed by atoms with E-state index >= 15 is 0 Å². The fraction of sp³-hybridized carbons (Fsp3) is 0.250. The van der Waals surface area contributed by atoms with E-state index in [0.717, 1.165) is 0 Å². The average molecular weight is 847 g/mol. The summed E-state index contributed by atoms with van der Waals surface area (Å²) in [5.74, 6) is -0.937. The third kappa shape index (κ3) is 15.0. The Morgan fingerprint density at radius 2 is 0.548 bits per heavy atom. The molecular weight excluding hydrogens is 801 g/mol. The number of esters is 6. The summed E-state index contributed by atoms with van der Waals surface area (Å²) < 4.78 is 43.2. The minimum Gasteiger partial charge on any atom is -0.494 e. The van der Waals surface area contributed by atoms with Gasteiger partial charge in [0.1, 0.15) is 34.5 Å². The first kappa shape index (κ1) is 45.6. The molecule has 0 radical (unpaired) electrons. The van der Waals surface area contributed by atoms with Crippen LogP contribution in [0.3, 0.4) is 0 Å². The minimum atomic E-state index is -0.659. The van der Waals surface area contributed by atoms with Gasteiger partial charge in [-0.1, -0.05) is 13.8 Å². The van der Waals surface area contributed by atoms with E-state index in [9.17, 15) is 28.8 Å². The molecule has 0 amide bonds. The Bertz CT molecular complexity index is 2090. The molecule has 14 heteroatoms. The molecule has 5 rings (SSSR count). The van der Waals surface area contributed by atoms with E-state index in [0.29, 0.717) is 87.6 Å². The largest absolute Gasteiger partial charge is 0.494 e. The Morgan fingerprint density at radius 1 is 0.323 bits per heavy atom. The molecule has 0 aromatic heterocycles. The summed E-state index contributed by atoms with van der Waals surface area (Å²) in [6, 6.07) is 30.6. The lowest BCUT2D eigenvalue weighted by Gasteiger charge is -2.09. The lowest BCUT2D eigenvalue weighted by molar-refractivity contribution is -0.144. The van der Waals surface area contributed by atoms with Gasteiger partial charge < -0.3 is 37.9 Å². The van der Waals surface area contributed by atoms with Crippen LogP contribution >= 0.6 is 0 Å². The Hall–Kier alpha value is -7.48. The van der Waals surface area contributed by atoms with Crippen LogP contribution in [0.4, 0.5) is 0 Å². The predicted octanol–water partition coefficient (Wildman–Crippen LogP) is 8.79. The van der Waals surface area contributed by atoms with Crippen molar-refractivity contribution in [3.05, 3.63) is 144 Å². The Kier molecular flexibility index (Phi) is 17.6. The van der Waals surface area contributed by atoms with E-state index in [-0.39, 0.29) is 46.1 Å². The highest BCUT2D eigenvalue weighted by atomic mass is 16.6. The van der Waals surface area contributed by atoms with Crippen LogP contribution in [0.5, 0.6) is 34.5 Å². The lowest BCUT2D eigenvalue weighted by atomic mass is 10.2. The van der Waals surface area contributed by atoms with E-state index in [1.165, 1.54) is 72.8 Å². The van der Waals surface area contributed by atoms with Crippen molar-refractivity contribution in [3.8, 4) is 34.5 Å². The lowest BCUT2D eigenvalue weighted by Crippen LogP contribution is -2.11. The molecule has 5 aromatic rings. The third-order valence-electron chi connectivity index (χ3n) is 8.74. The van der Waals surface area contributed by atoms with Crippen molar-refractivity contribution in [2.45, 2.75) is 52.4 Å². The monoisotopic (exact) mass is 846 g/mol. The van der Waals surface area contributed by atoms with Crippen molar-refractivity contribution >= 4 is 35.8 Å². The molecule has 5 aromatic carbocycles. The molecule has 0 aliphatic heterocycles. The van der Waals surface area contributed by atoms with Crippen molar-refractivity contribution in [2.24, 2.45) is 0 Å². The predicted molar refractivity (Wildman–Crippen MR) is 224 cm³/mol. The van der Waals surface area contributed by atoms with Gasteiger partial charge in [-0.15, -0.1) is 0 Å². The quantitative estimate of drug-likeness (QED) is 0.0367. The maximum atomic E-state index is 12.8. The Morgan fingerprint density at radius 3 is 0.806 bits per heavy atom. The van der Waals surface area contributed by atoms with Gasteiger partial charge in [0.15, 0.2) is 0 Å². The highest BCUT2D eigenvalue weighted by molar-refractivity contribution is 5.94. The standard InChI is InChI=1S/C48H46O14/c1-3-43(49)57-31-7-5-29-55-37-17-9-33(10-18-37)45(51)59-39-21-13-35(14-22-39)47(53)61-41-25-27-42(28-26-41)62-48(54)36-15-23-40(24-16-36)60-46(52)34-11-19-38(20-12-34)56-30-6-8-32-58-44(50)4-2/h9-28H,3-8,29-32H2,1-2H3. The zero-order valence-electron chi connectivity index (χ0n) is 34.3. The van der Waals surface area contributed by atoms with Crippen LogP contribution in [0.2, 0.25) is 0 Å². The summed E-state index contributed by atoms with van der Waals surface area (Å²) in [5, 5.41) is 0. The number of benzene rings is 5. The molecule has 0 unspecified atom stereocenters. The number of unbranched alkanes of at least 4 members (excludes halogenated alkanes) is 2. The van der Waals surface area contributed by atoms with Gasteiger partial charge in [-0.05, 0) is 147 Å².